The lowest BCUT2D eigenvalue weighted by atomic mass is 10.1. The van der Waals surface area contributed by atoms with Gasteiger partial charge in [0.1, 0.15) is 5.82 Å². The second kappa shape index (κ2) is 8.08. The number of hydrogen-bond acceptors (Lipinski definition) is 5. The van der Waals surface area contributed by atoms with Gasteiger partial charge in [0.25, 0.3) is 0 Å². The molecule has 2 aromatic carbocycles. The minimum absolute atomic E-state index is 0.262. The van der Waals surface area contributed by atoms with Crippen LogP contribution in [0.15, 0.2) is 66.9 Å². The van der Waals surface area contributed by atoms with Crippen LogP contribution in [0.25, 0.3) is 11.4 Å². The number of nitrogens with zero attached hydrogens (tertiary/aromatic N) is 2. The molecule has 4 rings (SSSR count). The predicted molar refractivity (Wildman–Crippen MR) is 104 cm³/mol. The van der Waals surface area contributed by atoms with Crippen LogP contribution in [0, 0.1) is 0 Å². The Balaban J connectivity index is 1.42. The van der Waals surface area contributed by atoms with Crippen molar-refractivity contribution in [3.63, 3.8) is 0 Å². The number of benzene rings is 2. The van der Waals surface area contributed by atoms with E-state index in [-0.39, 0.29) is 6.10 Å². The molecule has 3 aromatic rings. The highest BCUT2D eigenvalue weighted by Gasteiger charge is 2.13. The van der Waals surface area contributed by atoms with Gasteiger partial charge in [-0.3, -0.25) is 0 Å². The number of anilines is 2. The number of nitrogens with one attached hydrogen (secondary N) is 2. The largest absolute Gasteiger partial charge is 0.375 e. The minimum atomic E-state index is 0.262. The van der Waals surface area contributed by atoms with Gasteiger partial charge in [0.05, 0.1) is 12.7 Å². The molecular formula is C21H22N4O. The Morgan fingerprint density at radius 3 is 2.65 bits per heavy atom. The van der Waals surface area contributed by atoms with Gasteiger partial charge in [-0.2, -0.15) is 0 Å². The van der Waals surface area contributed by atoms with Gasteiger partial charge >= 0.3 is 0 Å². The molecule has 5 nitrogen and oxygen atoms in total. The van der Waals surface area contributed by atoms with Gasteiger partial charge in [0, 0.05) is 30.5 Å². The molecule has 26 heavy (non-hydrogen) atoms. The summed E-state index contributed by atoms with van der Waals surface area (Å²) in [4.78, 5) is 8.96. The van der Waals surface area contributed by atoms with Gasteiger partial charge in [-0.15, -0.1) is 0 Å². The van der Waals surface area contributed by atoms with Crippen molar-refractivity contribution in [2.24, 2.45) is 0 Å². The van der Waals surface area contributed by atoms with E-state index in [1.165, 1.54) is 5.56 Å². The molecule has 1 atom stereocenters. The van der Waals surface area contributed by atoms with E-state index in [1.807, 2.05) is 36.4 Å². The molecule has 0 amide bonds. The Morgan fingerprint density at radius 1 is 1.04 bits per heavy atom. The highest BCUT2D eigenvalue weighted by atomic mass is 16.5. The number of aromatic nitrogens is 2. The summed E-state index contributed by atoms with van der Waals surface area (Å²) in [6.45, 7) is 2.66. The fourth-order valence-electron chi connectivity index (χ4n) is 3.04. The van der Waals surface area contributed by atoms with Crippen molar-refractivity contribution < 1.29 is 4.74 Å². The number of rotatable bonds is 5. The molecule has 5 heteroatoms. The second-order valence-corrected chi connectivity index (χ2v) is 6.35. The van der Waals surface area contributed by atoms with Gasteiger partial charge < -0.3 is 15.4 Å². The molecule has 1 fully saturated rings. The first-order valence-electron chi connectivity index (χ1n) is 8.93. The quantitative estimate of drug-likeness (QED) is 0.741. The fourth-order valence-corrected chi connectivity index (χ4v) is 3.04. The van der Waals surface area contributed by atoms with E-state index in [4.69, 9.17) is 4.74 Å². The Kier molecular flexibility index (Phi) is 5.19. The molecule has 0 spiro atoms. The predicted octanol–water partition coefficient (Wildman–Crippen LogP) is 3.42. The van der Waals surface area contributed by atoms with Crippen LogP contribution < -0.4 is 10.6 Å². The van der Waals surface area contributed by atoms with Crippen LogP contribution in [0.5, 0.6) is 0 Å². The van der Waals surface area contributed by atoms with Gasteiger partial charge in [-0.25, -0.2) is 9.97 Å². The lowest BCUT2D eigenvalue weighted by Gasteiger charge is -2.23. The molecule has 132 valence electrons. The van der Waals surface area contributed by atoms with Crippen LogP contribution in [-0.2, 0) is 11.2 Å². The summed E-state index contributed by atoms with van der Waals surface area (Å²) in [6, 6.07) is 20.3. The molecule has 1 aliphatic heterocycles. The van der Waals surface area contributed by atoms with E-state index in [1.54, 1.807) is 6.20 Å². The molecular weight excluding hydrogens is 324 g/mol. The monoisotopic (exact) mass is 346 g/mol. The second-order valence-electron chi connectivity index (χ2n) is 6.35. The van der Waals surface area contributed by atoms with Crippen molar-refractivity contribution in [3.8, 4) is 11.4 Å². The van der Waals surface area contributed by atoms with E-state index in [0.29, 0.717) is 5.82 Å². The maximum Gasteiger partial charge on any atom is 0.161 e. The molecule has 1 unspecified atom stereocenters. The van der Waals surface area contributed by atoms with E-state index >= 15 is 0 Å². The van der Waals surface area contributed by atoms with Crippen molar-refractivity contribution in [1.82, 2.24) is 15.3 Å². The number of ether oxygens (including phenoxy) is 1. The van der Waals surface area contributed by atoms with Gasteiger partial charge in [0.15, 0.2) is 5.82 Å². The minimum Gasteiger partial charge on any atom is -0.375 e. The Labute approximate surface area is 153 Å². The first-order chi connectivity index (χ1) is 12.9. The first-order valence-corrected chi connectivity index (χ1v) is 8.93. The van der Waals surface area contributed by atoms with Gasteiger partial charge in [-0.05, 0) is 30.2 Å². The van der Waals surface area contributed by atoms with E-state index < -0.39 is 0 Å². The lowest BCUT2D eigenvalue weighted by molar-refractivity contribution is 0.0292. The number of morpholine rings is 1. The van der Waals surface area contributed by atoms with Crippen molar-refractivity contribution in [3.05, 3.63) is 72.4 Å². The van der Waals surface area contributed by atoms with Gasteiger partial charge in [-0.1, -0.05) is 42.5 Å². The Bertz CT molecular complexity index is 830. The Hall–Kier alpha value is -2.76. The van der Waals surface area contributed by atoms with Gasteiger partial charge in [0.2, 0.25) is 0 Å². The fraction of sp³-hybridized carbons (Fsp3) is 0.238. The molecule has 1 saturated heterocycles. The Morgan fingerprint density at radius 2 is 1.88 bits per heavy atom. The first kappa shape index (κ1) is 16.7. The maximum atomic E-state index is 5.77. The average molecular weight is 346 g/mol. The average Bonchev–Trinajstić information content (AvgIpc) is 2.71. The summed E-state index contributed by atoms with van der Waals surface area (Å²) in [6.07, 6.45) is 2.97. The maximum absolute atomic E-state index is 5.77. The topological polar surface area (TPSA) is 59.1 Å². The normalized spacial score (nSPS) is 17.0. The lowest BCUT2D eigenvalue weighted by Crippen LogP contribution is -2.39. The summed E-state index contributed by atoms with van der Waals surface area (Å²) in [5.41, 5.74) is 3.29. The summed E-state index contributed by atoms with van der Waals surface area (Å²) >= 11 is 0. The smallest absolute Gasteiger partial charge is 0.161 e. The highest BCUT2D eigenvalue weighted by molar-refractivity contribution is 5.61. The van der Waals surface area contributed by atoms with E-state index in [2.05, 4.69) is 44.9 Å². The van der Waals surface area contributed by atoms with Crippen molar-refractivity contribution >= 4 is 11.5 Å². The van der Waals surface area contributed by atoms with Crippen LogP contribution >= 0.6 is 0 Å². The molecule has 2 N–H and O–H groups in total. The summed E-state index contributed by atoms with van der Waals surface area (Å²) in [5, 5.41) is 6.72. The third-order valence-electron chi connectivity index (χ3n) is 4.38. The van der Waals surface area contributed by atoms with E-state index in [0.717, 1.165) is 43.2 Å². The third kappa shape index (κ3) is 4.25. The molecule has 1 aromatic heterocycles. The molecule has 0 aliphatic carbocycles. The molecule has 2 heterocycles. The standard InChI is InChI=1S/C21H22N4O/c1-2-4-17(5-3-1)21-23-11-10-20(25-21)24-18-8-6-16(7-9-18)14-19-15-22-12-13-26-19/h1-11,19,22H,12-15H2,(H,23,24,25). The molecule has 0 saturated carbocycles. The van der Waals surface area contributed by atoms with Crippen molar-refractivity contribution in [2.75, 3.05) is 25.0 Å². The van der Waals surface area contributed by atoms with Crippen LogP contribution in [0.2, 0.25) is 0 Å². The molecule has 0 bridgehead atoms. The molecule has 1 aliphatic rings. The third-order valence-corrected chi connectivity index (χ3v) is 4.38. The van der Waals surface area contributed by atoms with E-state index in [9.17, 15) is 0 Å². The van der Waals surface area contributed by atoms with Crippen molar-refractivity contribution in [2.45, 2.75) is 12.5 Å². The number of hydrogen-bond donors (Lipinski definition) is 2. The zero-order valence-electron chi connectivity index (χ0n) is 14.6. The summed E-state index contributed by atoms with van der Waals surface area (Å²) < 4.78 is 5.77. The SMILES string of the molecule is c1ccc(-c2nccc(Nc3ccc(CC4CNCCO4)cc3)n2)cc1. The zero-order chi connectivity index (χ0) is 17.6. The van der Waals surface area contributed by atoms with Crippen LogP contribution in [0.3, 0.4) is 0 Å². The zero-order valence-corrected chi connectivity index (χ0v) is 14.6. The van der Waals surface area contributed by atoms with Crippen LogP contribution in [0.1, 0.15) is 5.56 Å². The summed E-state index contributed by atoms with van der Waals surface area (Å²) in [7, 11) is 0. The molecule has 0 radical (unpaired) electrons. The van der Waals surface area contributed by atoms with Crippen molar-refractivity contribution in [1.29, 1.82) is 0 Å². The van der Waals surface area contributed by atoms with Crippen LogP contribution in [0.4, 0.5) is 11.5 Å². The summed E-state index contributed by atoms with van der Waals surface area (Å²) in [5.74, 6) is 1.50. The van der Waals surface area contributed by atoms with Crippen LogP contribution in [-0.4, -0.2) is 35.8 Å². The highest BCUT2D eigenvalue weighted by Crippen LogP contribution is 2.19.